The lowest BCUT2D eigenvalue weighted by molar-refractivity contribution is 0.571. The van der Waals surface area contributed by atoms with Crippen molar-refractivity contribution in [1.82, 2.24) is 0 Å². The first kappa shape index (κ1) is 11.2. The van der Waals surface area contributed by atoms with E-state index in [1.54, 1.807) is 30.3 Å². The maximum Gasteiger partial charge on any atom is 0.193 e. The minimum absolute atomic E-state index is 0.306. The minimum Gasteiger partial charge on any atom is -0.315 e. The molecule has 0 aromatic heterocycles. The van der Waals surface area contributed by atoms with Crippen LogP contribution in [0.25, 0.3) is 0 Å². The smallest absolute Gasteiger partial charge is 0.193 e. The molecule has 1 aromatic carbocycles. The van der Waals surface area contributed by atoms with Crippen LogP contribution in [0.5, 0.6) is 0 Å². The topological polar surface area (TPSA) is 60.2 Å². The molecule has 0 aliphatic rings. The van der Waals surface area contributed by atoms with Crippen molar-refractivity contribution in [2.45, 2.75) is 30.0 Å². The summed E-state index contributed by atoms with van der Waals surface area (Å²) in [6.07, 6.45) is 1.27. The van der Waals surface area contributed by atoms with Crippen LogP contribution in [0.15, 0.2) is 35.2 Å². The molecule has 0 aliphatic carbocycles. The van der Waals surface area contributed by atoms with Crippen molar-refractivity contribution in [3.8, 4) is 0 Å². The predicted molar refractivity (Wildman–Crippen MR) is 56.5 cm³/mol. The van der Waals surface area contributed by atoms with Crippen molar-refractivity contribution in [3.63, 3.8) is 0 Å². The summed E-state index contributed by atoms with van der Waals surface area (Å²) in [5.74, 6) is 0. The molecular weight excluding hydrogens is 198 g/mol. The summed E-state index contributed by atoms with van der Waals surface area (Å²) in [6, 6.07) is 8.33. The average Bonchev–Trinajstić information content (AvgIpc) is 2.19. The van der Waals surface area contributed by atoms with Crippen molar-refractivity contribution in [3.05, 3.63) is 30.3 Å². The Morgan fingerprint density at radius 1 is 1.29 bits per heavy atom. The highest BCUT2D eigenvalue weighted by atomic mass is 32.2. The lowest BCUT2D eigenvalue weighted by atomic mass is 10.3. The second-order valence-electron chi connectivity index (χ2n) is 3.19. The molecule has 1 atom stereocenters. The van der Waals surface area contributed by atoms with E-state index < -0.39 is 15.2 Å². The highest BCUT2D eigenvalue weighted by Gasteiger charge is 2.22. The van der Waals surface area contributed by atoms with Gasteiger partial charge in [0.15, 0.2) is 9.84 Å². The molecule has 4 heteroatoms. The standard InChI is InChI=1S/C10H15NO2S/c1-2-6-10(11)14(12,13)9-7-4-3-5-8-9/h3-5,7-8,10H,2,6,11H2,1H3. The van der Waals surface area contributed by atoms with Crippen LogP contribution < -0.4 is 5.73 Å². The molecule has 14 heavy (non-hydrogen) atoms. The fourth-order valence-electron chi connectivity index (χ4n) is 1.22. The van der Waals surface area contributed by atoms with Gasteiger partial charge in [0.2, 0.25) is 0 Å². The largest absolute Gasteiger partial charge is 0.315 e. The maximum absolute atomic E-state index is 11.8. The van der Waals surface area contributed by atoms with E-state index in [1.807, 2.05) is 6.92 Å². The van der Waals surface area contributed by atoms with Crippen LogP contribution in [0, 0.1) is 0 Å². The van der Waals surface area contributed by atoms with Gasteiger partial charge in [-0.05, 0) is 18.6 Å². The highest BCUT2D eigenvalue weighted by molar-refractivity contribution is 7.92. The Hall–Kier alpha value is -0.870. The van der Waals surface area contributed by atoms with Crippen LogP contribution >= 0.6 is 0 Å². The highest BCUT2D eigenvalue weighted by Crippen LogP contribution is 2.15. The Labute approximate surface area is 84.9 Å². The van der Waals surface area contributed by atoms with E-state index >= 15 is 0 Å². The van der Waals surface area contributed by atoms with Crippen LogP contribution in [0.2, 0.25) is 0 Å². The van der Waals surface area contributed by atoms with Crippen molar-refractivity contribution in [2.75, 3.05) is 0 Å². The first-order valence-corrected chi connectivity index (χ1v) is 6.18. The van der Waals surface area contributed by atoms with E-state index in [0.29, 0.717) is 11.3 Å². The van der Waals surface area contributed by atoms with E-state index in [0.717, 1.165) is 6.42 Å². The second-order valence-corrected chi connectivity index (χ2v) is 5.35. The van der Waals surface area contributed by atoms with Crippen LogP contribution in [-0.2, 0) is 9.84 Å². The van der Waals surface area contributed by atoms with Crippen LogP contribution in [0.1, 0.15) is 19.8 Å². The maximum atomic E-state index is 11.8. The van der Waals surface area contributed by atoms with Gasteiger partial charge in [-0.3, -0.25) is 0 Å². The molecule has 0 saturated heterocycles. The van der Waals surface area contributed by atoms with Gasteiger partial charge in [0.05, 0.1) is 4.90 Å². The number of hydrogen-bond acceptors (Lipinski definition) is 3. The summed E-state index contributed by atoms with van der Waals surface area (Å²) in [6.45, 7) is 1.92. The Balaban J connectivity index is 2.97. The Morgan fingerprint density at radius 3 is 2.36 bits per heavy atom. The quantitative estimate of drug-likeness (QED) is 0.825. The molecule has 0 spiro atoms. The Morgan fingerprint density at radius 2 is 1.86 bits per heavy atom. The Kier molecular flexibility index (Phi) is 3.66. The molecule has 0 aliphatic heterocycles. The molecule has 0 radical (unpaired) electrons. The van der Waals surface area contributed by atoms with Crippen LogP contribution in [-0.4, -0.2) is 13.8 Å². The molecule has 78 valence electrons. The minimum atomic E-state index is -3.32. The molecule has 0 bridgehead atoms. The van der Waals surface area contributed by atoms with Gasteiger partial charge in [0.25, 0.3) is 0 Å². The number of benzene rings is 1. The monoisotopic (exact) mass is 213 g/mol. The summed E-state index contributed by atoms with van der Waals surface area (Å²) >= 11 is 0. The zero-order valence-electron chi connectivity index (χ0n) is 8.18. The number of nitrogens with two attached hydrogens (primary N) is 1. The number of rotatable bonds is 4. The molecule has 2 N–H and O–H groups in total. The molecule has 0 saturated carbocycles. The second kappa shape index (κ2) is 4.57. The van der Waals surface area contributed by atoms with Gasteiger partial charge in [-0.2, -0.15) is 0 Å². The Bertz CT molecular complexity index is 372. The number of hydrogen-bond donors (Lipinski definition) is 1. The third-order valence-corrected chi connectivity index (χ3v) is 4.01. The van der Waals surface area contributed by atoms with E-state index in [-0.39, 0.29) is 0 Å². The lowest BCUT2D eigenvalue weighted by Gasteiger charge is -2.11. The van der Waals surface area contributed by atoms with Gasteiger partial charge < -0.3 is 5.73 Å². The first-order valence-electron chi connectivity index (χ1n) is 4.63. The van der Waals surface area contributed by atoms with Gasteiger partial charge in [-0.1, -0.05) is 31.5 Å². The molecule has 1 unspecified atom stereocenters. The predicted octanol–water partition coefficient (Wildman–Crippen LogP) is 1.55. The van der Waals surface area contributed by atoms with E-state index in [4.69, 9.17) is 5.73 Å². The lowest BCUT2D eigenvalue weighted by Crippen LogP contribution is -2.30. The first-order chi connectivity index (χ1) is 6.59. The van der Waals surface area contributed by atoms with Crippen LogP contribution in [0.3, 0.4) is 0 Å². The zero-order valence-corrected chi connectivity index (χ0v) is 9.00. The van der Waals surface area contributed by atoms with Gasteiger partial charge in [-0.25, -0.2) is 8.42 Å². The van der Waals surface area contributed by atoms with Crippen molar-refractivity contribution >= 4 is 9.84 Å². The third-order valence-electron chi connectivity index (χ3n) is 2.04. The molecule has 0 amide bonds. The SMILES string of the molecule is CCCC(N)S(=O)(=O)c1ccccc1. The van der Waals surface area contributed by atoms with E-state index in [9.17, 15) is 8.42 Å². The molecule has 0 fully saturated rings. The summed E-state index contributed by atoms with van der Waals surface area (Å²) in [7, 11) is -3.32. The van der Waals surface area contributed by atoms with Crippen molar-refractivity contribution < 1.29 is 8.42 Å². The van der Waals surface area contributed by atoms with Gasteiger partial charge >= 0.3 is 0 Å². The third kappa shape index (κ3) is 2.33. The van der Waals surface area contributed by atoms with E-state index in [2.05, 4.69) is 0 Å². The normalized spacial score (nSPS) is 13.9. The fraction of sp³-hybridized carbons (Fsp3) is 0.400. The zero-order chi connectivity index (χ0) is 10.6. The summed E-state index contributed by atoms with van der Waals surface area (Å²) in [4.78, 5) is 0.306. The van der Waals surface area contributed by atoms with Crippen LogP contribution in [0.4, 0.5) is 0 Å². The molecule has 1 aromatic rings. The molecule has 3 nitrogen and oxygen atoms in total. The molecule has 1 rings (SSSR count). The summed E-state index contributed by atoms with van der Waals surface area (Å²) in [5, 5.41) is -0.783. The average molecular weight is 213 g/mol. The molecule has 0 heterocycles. The summed E-state index contributed by atoms with van der Waals surface area (Å²) < 4.78 is 23.6. The number of sulfone groups is 1. The van der Waals surface area contributed by atoms with Gasteiger partial charge in [0.1, 0.15) is 5.37 Å². The van der Waals surface area contributed by atoms with Gasteiger partial charge in [0, 0.05) is 0 Å². The fourth-order valence-corrected chi connectivity index (χ4v) is 2.66. The molecular formula is C10H15NO2S. The van der Waals surface area contributed by atoms with Gasteiger partial charge in [-0.15, -0.1) is 0 Å². The van der Waals surface area contributed by atoms with Crippen molar-refractivity contribution in [1.29, 1.82) is 0 Å². The summed E-state index contributed by atoms with van der Waals surface area (Å²) in [5.41, 5.74) is 5.61. The van der Waals surface area contributed by atoms with E-state index in [1.165, 1.54) is 0 Å². The van der Waals surface area contributed by atoms with Crippen molar-refractivity contribution in [2.24, 2.45) is 5.73 Å².